The van der Waals surface area contributed by atoms with Crippen molar-refractivity contribution in [3.05, 3.63) is 18.0 Å². The van der Waals surface area contributed by atoms with E-state index in [-0.39, 0.29) is 11.9 Å². The van der Waals surface area contributed by atoms with Crippen molar-refractivity contribution in [2.45, 2.75) is 26.2 Å². The lowest BCUT2D eigenvalue weighted by molar-refractivity contribution is 0.379. The van der Waals surface area contributed by atoms with Crippen LogP contribution in [0.15, 0.2) is 10.9 Å². The lowest BCUT2D eigenvalue weighted by atomic mass is 10.2. The van der Waals surface area contributed by atoms with Crippen molar-refractivity contribution in [1.29, 1.82) is 0 Å². The van der Waals surface area contributed by atoms with E-state index in [0.29, 0.717) is 30.6 Å². The summed E-state index contributed by atoms with van der Waals surface area (Å²) >= 11 is 0. The summed E-state index contributed by atoms with van der Waals surface area (Å²) in [5.74, 6) is 2.11. The van der Waals surface area contributed by atoms with Gasteiger partial charge in [-0.2, -0.15) is 19.9 Å². The van der Waals surface area contributed by atoms with Crippen LogP contribution < -0.4 is 11.1 Å². The number of hydrogen-bond acceptors (Lipinski definition) is 8. The fraction of sp³-hybridized carbons (Fsp3) is 0.500. The van der Waals surface area contributed by atoms with Crippen molar-refractivity contribution in [3.8, 4) is 0 Å². The molecule has 0 aliphatic carbocycles. The van der Waals surface area contributed by atoms with Crippen molar-refractivity contribution >= 4 is 11.9 Å². The summed E-state index contributed by atoms with van der Waals surface area (Å²) in [6.45, 7) is 4.58. The van der Waals surface area contributed by atoms with Crippen LogP contribution in [-0.4, -0.2) is 31.6 Å². The van der Waals surface area contributed by atoms with Crippen LogP contribution in [0.2, 0.25) is 0 Å². The Labute approximate surface area is 104 Å². The Morgan fingerprint density at radius 1 is 1.33 bits per heavy atom. The molecular formula is C10H15N7O. The predicted octanol–water partition coefficient (Wildman–Crippen LogP) is 0.615. The van der Waals surface area contributed by atoms with E-state index in [1.54, 1.807) is 0 Å². The number of anilines is 2. The molecule has 0 aliphatic heterocycles. The molecular weight excluding hydrogens is 234 g/mol. The number of hydrogen-bond donors (Lipinski definition) is 2. The van der Waals surface area contributed by atoms with Crippen LogP contribution in [0.3, 0.4) is 0 Å². The first kappa shape index (κ1) is 12.2. The average molecular weight is 249 g/mol. The standard InChI is InChI=1S/C10H15N7O/c1-6(2)8-15-9(11)17-10(16-8)12-4-3-7-13-5-14-18-7/h5-6H,3-4H2,1-2H3,(H3,11,12,15,16,17). The van der Waals surface area contributed by atoms with Crippen LogP contribution >= 0.6 is 0 Å². The molecule has 8 heteroatoms. The molecule has 0 radical (unpaired) electrons. The second-order valence-electron chi connectivity index (χ2n) is 4.04. The topological polar surface area (TPSA) is 116 Å². The Morgan fingerprint density at radius 3 is 2.83 bits per heavy atom. The zero-order valence-corrected chi connectivity index (χ0v) is 10.3. The molecule has 0 aliphatic rings. The predicted molar refractivity (Wildman–Crippen MR) is 64.8 cm³/mol. The third-order valence-electron chi connectivity index (χ3n) is 2.22. The van der Waals surface area contributed by atoms with E-state index in [0.717, 1.165) is 0 Å². The Balaban J connectivity index is 1.96. The molecule has 0 amide bonds. The summed E-state index contributed by atoms with van der Waals surface area (Å²) < 4.78 is 4.88. The van der Waals surface area contributed by atoms with Crippen molar-refractivity contribution in [2.75, 3.05) is 17.6 Å². The van der Waals surface area contributed by atoms with E-state index >= 15 is 0 Å². The van der Waals surface area contributed by atoms with Crippen molar-refractivity contribution in [1.82, 2.24) is 25.1 Å². The van der Waals surface area contributed by atoms with Crippen molar-refractivity contribution in [3.63, 3.8) is 0 Å². The van der Waals surface area contributed by atoms with Crippen molar-refractivity contribution < 1.29 is 4.52 Å². The maximum absolute atomic E-state index is 5.62. The van der Waals surface area contributed by atoms with Gasteiger partial charge in [-0.1, -0.05) is 19.0 Å². The van der Waals surface area contributed by atoms with Gasteiger partial charge in [0, 0.05) is 18.9 Å². The molecule has 2 rings (SSSR count). The molecule has 0 bridgehead atoms. The average Bonchev–Trinajstić information content (AvgIpc) is 2.81. The van der Waals surface area contributed by atoms with Gasteiger partial charge in [-0.05, 0) is 0 Å². The van der Waals surface area contributed by atoms with Gasteiger partial charge in [0.2, 0.25) is 17.8 Å². The molecule has 3 N–H and O–H groups in total. The number of aromatic nitrogens is 5. The number of nitrogen functional groups attached to an aromatic ring is 1. The second kappa shape index (κ2) is 5.39. The molecule has 0 fully saturated rings. The fourth-order valence-corrected chi connectivity index (χ4v) is 1.33. The number of rotatable bonds is 5. The highest BCUT2D eigenvalue weighted by atomic mass is 16.5. The van der Waals surface area contributed by atoms with E-state index in [2.05, 4.69) is 30.4 Å². The van der Waals surface area contributed by atoms with Gasteiger partial charge in [0.1, 0.15) is 5.82 Å². The maximum atomic E-state index is 5.62. The van der Waals surface area contributed by atoms with Gasteiger partial charge >= 0.3 is 0 Å². The van der Waals surface area contributed by atoms with Crippen molar-refractivity contribution in [2.24, 2.45) is 0 Å². The SMILES string of the molecule is CC(C)c1nc(N)nc(NCCc2ncno2)n1. The first-order chi connectivity index (χ1) is 8.65. The van der Waals surface area contributed by atoms with Crippen LogP contribution in [0.4, 0.5) is 11.9 Å². The normalized spacial score (nSPS) is 10.8. The van der Waals surface area contributed by atoms with Gasteiger partial charge in [0.15, 0.2) is 6.33 Å². The first-order valence-corrected chi connectivity index (χ1v) is 5.66. The minimum Gasteiger partial charge on any atom is -0.368 e. The maximum Gasteiger partial charge on any atom is 0.228 e. The van der Waals surface area contributed by atoms with Crippen LogP contribution in [-0.2, 0) is 6.42 Å². The molecule has 2 heterocycles. The molecule has 0 aromatic carbocycles. The Bertz CT molecular complexity index is 497. The third kappa shape index (κ3) is 3.12. The molecule has 0 atom stereocenters. The zero-order valence-electron chi connectivity index (χ0n) is 10.3. The molecule has 2 aromatic rings. The third-order valence-corrected chi connectivity index (χ3v) is 2.22. The first-order valence-electron chi connectivity index (χ1n) is 5.66. The van der Waals surface area contributed by atoms with Gasteiger partial charge in [0.25, 0.3) is 0 Å². The van der Waals surface area contributed by atoms with Gasteiger partial charge < -0.3 is 15.6 Å². The van der Waals surface area contributed by atoms with E-state index in [4.69, 9.17) is 10.3 Å². The number of nitrogens with zero attached hydrogens (tertiary/aromatic N) is 5. The summed E-state index contributed by atoms with van der Waals surface area (Å²) in [6, 6.07) is 0. The lowest BCUT2D eigenvalue weighted by Crippen LogP contribution is -2.12. The van der Waals surface area contributed by atoms with E-state index in [9.17, 15) is 0 Å². The highest BCUT2D eigenvalue weighted by Crippen LogP contribution is 2.11. The number of nitrogens with one attached hydrogen (secondary N) is 1. The fourth-order valence-electron chi connectivity index (χ4n) is 1.33. The monoisotopic (exact) mass is 249 g/mol. The Kier molecular flexibility index (Phi) is 3.66. The molecule has 0 saturated heterocycles. The van der Waals surface area contributed by atoms with Gasteiger partial charge in [-0.3, -0.25) is 0 Å². The lowest BCUT2D eigenvalue weighted by Gasteiger charge is -2.07. The van der Waals surface area contributed by atoms with Crippen LogP contribution in [0.1, 0.15) is 31.5 Å². The Morgan fingerprint density at radius 2 is 2.17 bits per heavy atom. The van der Waals surface area contributed by atoms with Gasteiger partial charge in [-0.25, -0.2) is 0 Å². The van der Waals surface area contributed by atoms with Crippen LogP contribution in [0, 0.1) is 0 Å². The molecule has 8 nitrogen and oxygen atoms in total. The summed E-state index contributed by atoms with van der Waals surface area (Å²) in [5.41, 5.74) is 5.62. The Hall–Kier alpha value is -2.25. The summed E-state index contributed by atoms with van der Waals surface area (Å²) in [7, 11) is 0. The highest BCUT2D eigenvalue weighted by Gasteiger charge is 2.08. The van der Waals surface area contributed by atoms with E-state index < -0.39 is 0 Å². The molecule has 2 aromatic heterocycles. The molecule has 0 spiro atoms. The van der Waals surface area contributed by atoms with Crippen LogP contribution in [0.5, 0.6) is 0 Å². The molecule has 18 heavy (non-hydrogen) atoms. The smallest absolute Gasteiger partial charge is 0.228 e. The minimum atomic E-state index is 0.201. The summed E-state index contributed by atoms with van der Waals surface area (Å²) in [5, 5.41) is 6.57. The zero-order chi connectivity index (χ0) is 13.0. The van der Waals surface area contributed by atoms with Gasteiger partial charge in [0.05, 0.1) is 0 Å². The quantitative estimate of drug-likeness (QED) is 0.792. The van der Waals surface area contributed by atoms with Gasteiger partial charge in [-0.15, -0.1) is 0 Å². The van der Waals surface area contributed by atoms with E-state index in [1.165, 1.54) is 6.33 Å². The molecule has 0 saturated carbocycles. The largest absolute Gasteiger partial charge is 0.368 e. The summed E-state index contributed by atoms with van der Waals surface area (Å²) in [4.78, 5) is 16.3. The van der Waals surface area contributed by atoms with Crippen LogP contribution in [0.25, 0.3) is 0 Å². The second-order valence-corrected chi connectivity index (χ2v) is 4.04. The number of nitrogens with two attached hydrogens (primary N) is 1. The van der Waals surface area contributed by atoms with E-state index in [1.807, 2.05) is 13.8 Å². The minimum absolute atomic E-state index is 0.201. The summed E-state index contributed by atoms with van der Waals surface area (Å²) in [6.07, 6.45) is 1.97. The molecule has 0 unspecified atom stereocenters. The molecule has 96 valence electrons. The highest BCUT2D eigenvalue weighted by molar-refractivity contribution is 5.31.